The van der Waals surface area contributed by atoms with E-state index in [-0.39, 0.29) is 18.2 Å². The maximum absolute atomic E-state index is 12.1. The summed E-state index contributed by atoms with van der Waals surface area (Å²) in [6.45, 7) is 1.48. The molecule has 26 heavy (non-hydrogen) atoms. The van der Waals surface area contributed by atoms with Crippen LogP contribution in [-0.4, -0.2) is 46.0 Å². The van der Waals surface area contributed by atoms with Crippen LogP contribution in [0.1, 0.15) is 17.3 Å². The van der Waals surface area contributed by atoms with E-state index in [4.69, 9.17) is 0 Å². The molecule has 0 atom stereocenters. The summed E-state index contributed by atoms with van der Waals surface area (Å²) in [6.07, 6.45) is 1.22. The number of nitrogens with one attached hydrogen (secondary N) is 1. The molecule has 0 aliphatic carbocycles. The van der Waals surface area contributed by atoms with E-state index in [1.165, 1.54) is 13.4 Å². The van der Waals surface area contributed by atoms with E-state index in [9.17, 15) is 18.0 Å². The van der Waals surface area contributed by atoms with Gasteiger partial charge in [0.05, 0.1) is 7.11 Å². The van der Waals surface area contributed by atoms with Crippen molar-refractivity contribution in [3.05, 3.63) is 60.2 Å². The van der Waals surface area contributed by atoms with Crippen molar-refractivity contribution in [2.24, 2.45) is 0 Å². The summed E-state index contributed by atoms with van der Waals surface area (Å²) in [5, 5.41) is 2.55. The van der Waals surface area contributed by atoms with Gasteiger partial charge in [0.1, 0.15) is 16.4 Å². The fourth-order valence-electron chi connectivity index (χ4n) is 1.87. The third kappa shape index (κ3) is 7.48. The van der Waals surface area contributed by atoms with E-state index in [0.29, 0.717) is 5.56 Å². The minimum absolute atomic E-state index is 0.140. The Morgan fingerprint density at radius 1 is 1.00 bits per heavy atom. The van der Waals surface area contributed by atoms with Gasteiger partial charge in [0.15, 0.2) is 0 Å². The molecule has 0 saturated heterocycles. The predicted molar refractivity (Wildman–Crippen MR) is 102 cm³/mol. The van der Waals surface area contributed by atoms with Gasteiger partial charge < -0.3 is 10.1 Å². The average Bonchev–Trinajstić information content (AvgIpc) is 2.66. The normalized spacial score (nSPS) is 10.3. The minimum atomic E-state index is -2.66. The van der Waals surface area contributed by atoms with Gasteiger partial charge in [-0.05, 0) is 17.2 Å². The second kappa shape index (κ2) is 10.4. The van der Waals surface area contributed by atoms with Crippen LogP contribution in [0.25, 0.3) is 11.1 Å². The second-order valence-corrected chi connectivity index (χ2v) is 7.81. The molecule has 0 radical (unpaired) electrons. The van der Waals surface area contributed by atoms with Crippen LogP contribution < -0.4 is 5.32 Å². The van der Waals surface area contributed by atoms with Crippen LogP contribution in [-0.2, 0) is 19.4 Å². The molecule has 0 unspecified atom stereocenters. The van der Waals surface area contributed by atoms with Gasteiger partial charge >= 0.3 is 5.97 Å². The first kappa shape index (κ1) is 21.4. The number of hydrogen-bond donors (Lipinski definition) is 1. The first-order chi connectivity index (χ1) is 12.3. The second-order valence-electron chi connectivity index (χ2n) is 5.38. The van der Waals surface area contributed by atoms with Crippen molar-refractivity contribution < 1.29 is 22.7 Å². The van der Waals surface area contributed by atoms with Crippen LogP contribution in [0.3, 0.4) is 0 Å². The van der Waals surface area contributed by atoms with E-state index in [1.807, 2.05) is 42.5 Å². The van der Waals surface area contributed by atoms with Crippen molar-refractivity contribution in [3.63, 3.8) is 0 Å². The Kier molecular flexibility index (Phi) is 8.51. The molecule has 2 rings (SSSR count). The molecule has 0 aliphatic heterocycles. The number of methoxy groups -OCH3 is 1. The lowest BCUT2D eigenvalue weighted by Crippen LogP contribution is -2.30. The summed E-state index contributed by atoms with van der Waals surface area (Å²) in [7, 11) is -1.38. The van der Waals surface area contributed by atoms with Gasteiger partial charge in [0, 0.05) is 17.6 Å². The molecule has 7 heteroatoms. The largest absolute Gasteiger partial charge is 0.468 e. The molecule has 0 bridgehead atoms. The summed E-state index contributed by atoms with van der Waals surface area (Å²) in [5.41, 5.74) is 2.31. The first-order valence-corrected chi connectivity index (χ1v) is 10.0. The Labute approximate surface area is 154 Å². The van der Waals surface area contributed by atoms with Crippen LogP contribution in [0.2, 0.25) is 0 Å². The highest BCUT2D eigenvalue weighted by atomic mass is 32.2. The first-order valence-electron chi connectivity index (χ1n) is 7.95. The molecule has 1 amide bonds. The fourth-order valence-corrected chi connectivity index (χ4v) is 1.87. The Bertz CT molecular complexity index is 832. The molecule has 0 saturated carbocycles. The zero-order valence-corrected chi connectivity index (χ0v) is 15.9. The predicted octanol–water partition coefficient (Wildman–Crippen LogP) is 2.31. The summed E-state index contributed by atoms with van der Waals surface area (Å²) in [4.78, 5) is 23.2. The number of rotatable bonds is 5. The zero-order valence-electron chi connectivity index (χ0n) is 15.1. The Morgan fingerprint density at radius 3 is 2.08 bits per heavy atom. The van der Waals surface area contributed by atoms with Crippen LogP contribution in [0, 0.1) is 0 Å². The van der Waals surface area contributed by atoms with Crippen molar-refractivity contribution in [1.82, 2.24) is 5.32 Å². The number of carbonyl (C=O) groups excluding carboxylic acids is 2. The van der Waals surface area contributed by atoms with Crippen molar-refractivity contribution >= 4 is 21.7 Å². The maximum atomic E-state index is 12.1. The van der Waals surface area contributed by atoms with Crippen molar-refractivity contribution in [3.8, 4) is 11.1 Å². The fraction of sp³-hybridized carbons (Fsp3) is 0.263. The monoisotopic (exact) mass is 377 g/mol. The zero-order chi connectivity index (χ0) is 19.6. The van der Waals surface area contributed by atoms with Gasteiger partial charge in [0.2, 0.25) is 0 Å². The van der Waals surface area contributed by atoms with Gasteiger partial charge in [-0.25, -0.2) is 8.42 Å². The standard InChI is InChI=1S/C16H15NO3.C3H8O2S/c1-20-15(18)11-17-16(19)14-10-6-5-9-13(14)12-7-3-2-4-8-12;1-3-6(2,4)5/h2-10H,11H2,1H3,(H,17,19);3H2,1-2H3. The van der Waals surface area contributed by atoms with Gasteiger partial charge in [-0.1, -0.05) is 55.5 Å². The molecule has 0 aliphatic rings. The molecule has 2 aromatic rings. The van der Waals surface area contributed by atoms with Crippen LogP contribution in [0.5, 0.6) is 0 Å². The summed E-state index contributed by atoms with van der Waals surface area (Å²) in [6, 6.07) is 16.9. The van der Waals surface area contributed by atoms with Gasteiger partial charge in [-0.2, -0.15) is 0 Å². The number of benzene rings is 2. The van der Waals surface area contributed by atoms with Crippen LogP contribution >= 0.6 is 0 Å². The molecule has 0 aromatic heterocycles. The quantitative estimate of drug-likeness (QED) is 0.808. The number of esters is 1. The van der Waals surface area contributed by atoms with E-state index >= 15 is 0 Å². The van der Waals surface area contributed by atoms with Crippen LogP contribution in [0.4, 0.5) is 0 Å². The van der Waals surface area contributed by atoms with Crippen molar-refractivity contribution in [2.45, 2.75) is 6.92 Å². The van der Waals surface area contributed by atoms with Gasteiger partial charge in [0.25, 0.3) is 5.91 Å². The smallest absolute Gasteiger partial charge is 0.325 e. The SMILES string of the molecule is CCS(C)(=O)=O.COC(=O)CNC(=O)c1ccccc1-c1ccccc1. The third-order valence-electron chi connectivity index (χ3n) is 3.40. The molecule has 2 aromatic carbocycles. The molecular formula is C19H23NO5S. The number of sulfone groups is 1. The van der Waals surface area contributed by atoms with Gasteiger partial charge in [-0.3, -0.25) is 9.59 Å². The highest BCUT2D eigenvalue weighted by molar-refractivity contribution is 7.90. The summed E-state index contributed by atoms with van der Waals surface area (Å²) < 4.78 is 24.5. The molecule has 0 spiro atoms. The van der Waals surface area contributed by atoms with E-state index in [1.54, 1.807) is 19.1 Å². The number of amides is 1. The van der Waals surface area contributed by atoms with Crippen molar-refractivity contribution in [1.29, 1.82) is 0 Å². The molecule has 0 fully saturated rings. The summed E-state index contributed by atoms with van der Waals surface area (Å²) >= 11 is 0. The maximum Gasteiger partial charge on any atom is 0.325 e. The molecular weight excluding hydrogens is 354 g/mol. The van der Waals surface area contributed by atoms with Crippen LogP contribution in [0.15, 0.2) is 54.6 Å². The lowest BCUT2D eigenvalue weighted by atomic mass is 9.99. The molecule has 6 nitrogen and oxygen atoms in total. The minimum Gasteiger partial charge on any atom is -0.468 e. The third-order valence-corrected chi connectivity index (χ3v) is 4.45. The molecule has 1 N–H and O–H groups in total. The number of ether oxygens (including phenoxy) is 1. The molecule has 140 valence electrons. The van der Waals surface area contributed by atoms with Crippen molar-refractivity contribution in [2.75, 3.05) is 25.7 Å². The Morgan fingerprint density at radius 2 is 1.54 bits per heavy atom. The average molecular weight is 377 g/mol. The van der Waals surface area contributed by atoms with E-state index < -0.39 is 15.8 Å². The summed E-state index contributed by atoms with van der Waals surface area (Å²) in [5.74, 6) is -0.530. The Balaban J connectivity index is 0.000000487. The lowest BCUT2D eigenvalue weighted by molar-refractivity contribution is -0.139. The van der Waals surface area contributed by atoms with E-state index in [0.717, 1.165) is 11.1 Å². The topological polar surface area (TPSA) is 89.5 Å². The lowest BCUT2D eigenvalue weighted by Gasteiger charge is -2.09. The Hall–Kier alpha value is -2.67. The highest BCUT2D eigenvalue weighted by Crippen LogP contribution is 2.23. The molecule has 0 heterocycles. The highest BCUT2D eigenvalue weighted by Gasteiger charge is 2.13. The van der Waals surface area contributed by atoms with Gasteiger partial charge in [-0.15, -0.1) is 0 Å². The number of hydrogen-bond acceptors (Lipinski definition) is 5. The van der Waals surface area contributed by atoms with E-state index in [2.05, 4.69) is 10.1 Å². The number of carbonyl (C=O) groups is 2.